The Morgan fingerprint density at radius 3 is 2.62 bits per heavy atom. The van der Waals surface area contributed by atoms with Gasteiger partial charge in [-0.2, -0.15) is 0 Å². The Balaban J connectivity index is 2.46. The maximum absolute atomic E-state index is 10.7. The van der Waals surface area contributed by atoms with E-state index >= 15 is 0 Å². The topological polar surface area (TPSA) is 76.5 Å². The van der Waals surface area contributed by atoms with Gasteiger partial charge in [-0.25, -0.2) is 4.79 Å². The van der Waals surface area contributed by atoms with Gasteiger partial charge in [0.25, 0.3) is 0 Å². The molecule has 82 valence electrons. The zero-order valence-corrected chi connectivity index (χ0v) is 8.73. The Bertz CT molecular complexity index is 543. The van der Waals surface area contributed by atoms with E-state index < -0.39 is 5.97 Å². The van der Waals surface area contributed by atoms with Crippen molar-refractivity contribution in [2.24, 2.45) is 0 Å². The van der Waals surface area contributed by atoms with E-state index in [-0.39, 0.29) is 5.76 Å². The first-order valence-electron chi connectivity index (χ1n) is 4.77. The molecular formula is C12H11NO3. The van der Waals surface area contributed by atoms with Gasteiger partial charge in [-0.15, -0.1) is 0 Å². The highest BCUT2D eigenvalue weighted by atomic mass is 16.4. The van der Waals surface area contributed by atoms with E-state index in [1.165, 1.54) is 6.07 Å². The lowest BCUT2D eigenvalue weighted by Crippen LogP contribution is -1.92. The second-order valence-electron chi connectivity index (χ2n) is 3.56. The number of anilines is 1. The molecule has 3 N–H and O–H groups in total. The third-order valence-corrected chi connectivity index (χ3v) is 2.29. The molecule has 0 spiro atoms. The molecule has 0 saturated carbocycles. The van der Waals surface area contributed by atoms with Crippen molar-refractivity contribution in [2.75, 3.05) is 5.73 Å². The Labute approximate surface area is 92.3 Å². The van der Waals surface area contributed by atoms with Crippen LogP contribution in [-0.4, -0.2) is 11.1 Å². The summed E-state index contributed by atoms with van der Waals surface area (Å²) in [4.78, 5) is 10.7. The van der Waals surface area contributed by atoms with Gasteiger partial charge >= 0.3 is 5.97 Å². The van der Waals surface area contributed by atoms with E-state index in [4.69, 9.17) is 15.3 Å². The third-order valence-electron chi connectivity index (χ3n) is 2.29. The molecule has 0 atom stereocenters. The first-order chi connectivity index (χ1) is 7.58. The lowest BCUT2D eigenvalue weighted by molar-refractivity contribution is 0.0663. The van der Waals surface area contributed by atoms with E-state index in [9.17, 15) is 4.79 Å². The molecule has 0 aliphatic carbocycles. The second kappa shape index (κ2) is 3.73. The minimum atomic E-state index is -1.09. The average molecular weight is 217 g/mol. The van der Waals surface area contributed by atoms with Crippen LogP contribution in [0.4, 0.5) is 5.69 Å². The summed E-state index contributed by atoms with van der Waals surface area (Å²) < 4.78 is 5.17. The Morgan fingerprint density at radius 1 is 1.31 bits per heavy atom. The molecule has 0 fully saturated rings. The molecule has 2 rings (SSSR count). The molecular weight excluding hydrogens is 206 g/mol. The highest BCUT2D eigenvalue weighted by molar-refractivity contribution is 5.86. The van der Waals surface area contributed by atoms with Crippen LogP contribution < -0.4 is 5.73 Å². The van der Waals surface area contributed by atoms with E-state index in [0.29, 0.717) is 17.0 Å². The SMILES string of the molecule is Cc1ccc(-c2ccc(C(=O)O)o2)c(N)c1. The fraction of sp³-hybridized carbons (Fsp3) is 0.0833. The van der Waals surface area contributed by atoms with Gasteiger partial charge in [0, 0.05) is 11.3 Å². The molecule has 0 amide bonds. The molecule has 16 heavy (non-hydrogen) atoms. The second-order valence-corrected chi connectivity index (χ2v) is 3.56. The maximum atomic E-state index is 10.7. The summed E-state index contributed by atoms with van der Waals surface area (Å²) in [5.74, 6) is -0.707. The first-order valence-corrected chi connectivity index (χ1v) is 4.77. The number of nitrogens with two attached hydrogens (primary N) is 1. The minimum Gasteiger partial charge on any atom is -0.475 e. The number of carbonyl (C=O) groups is 1. The van der Waals surface area contributed by atoms with Crippen molar-refractivity contribution in [2.45, 2.75) is 6.92 Å². The van der Waals surface area contributed by atoms with Gasteiger partial charge in [0.05, 0.1) is 0 Å². The van der Waals surface area contributed by atoms with Crippen LogP contribution in [0, 0.1) is 6.92 Å². The summed E-state index contributed by atoms with van der Waals surface area (Å²) in [5.41, 5.74) is 8.16. The Hall–Kier alpha value is -2.23. The molecule has 0 bridgehead atoms. The zero-order valence-electron chi connectivity index (χ0n) is 8.73. The molecule has 0 aliphatic rings. The number of rotatable bonds is 2. The van der Waals surface area contributed by atoms with E-state index in [2.05, 4.69) is 0 Å². The predicted molar refractivity (Wildman–Crippen MR) is 60.3 cm³/mol. The third kappa shape index (κ3) is 1.77. The molecule has 1 aromatic heterocycles. The highest BCUT2D eigenvalue weighted by Gasteiger charge is 2.11. The van der Waals surface area contributed by atoms with Gasteiger partial charge in [0.15, 0.2) is 0 Å². The average Bonchev–Trinajstić information content (AvgIpc) is 2.66. The van der Waals surface area contributed by atoms with Crippen molar-refractivity contribution >= 4 is 11.7 Å². The first kappa shape index (κ1) is 10.3. The lowest BCUT2D eigenvalue weighted by Gasteiger charge is -2.03. The summed E-state index contributed by atoms with van der Waals surface area (Å²) in [7, 11) is 0. The fourth-order valence-electron chi connectivity index (χ4n) is 1.50. The van der Waals surface area contributed by atoms with Gasteiger partial charge in [0.1, 0.15) is 5.76 Å². The van der Waals surface area contributed by atoms with Gasteiger partial charge < -0.3 is 15.3 Å². The number of benzene rings is 1. The largest absolute Gasteiger partial charge is 0.475 e. The van der Waals surface area contributed by atoms with Crippen LogP contribution in [0.25, 0.3) is 11.3 Å². The van der Waals surface area contributed by atoms with Crippen LogP contribution in [-0.2, 0) is 0 Å². The van der Waals surface area contributed by atoms with E-state index in [0.717, 1.165) is 5.56 Å². The molecule has 4 heteroatoms. The Morgan fingerprint density at radius 2 is 2.06 bits per heavy atom. The molecule has 1 heterocycles. The van der Waals surface area contributed by atoms with Gasteiger partial charge in [0.2, 0.25) is 5.76 Å². The van der Waals surface area contributed by atoms with Gasteiger partial charge in [-0.3, -0.25) is 0 Å². The summed E-state index contributed by atoms with van der Waals surface area (Å²) in [5, 5.41) is 8.73. The fourth-order valence-corrected chi connectivity index (χ4v) is 1.50. The van der Waals surface area contributed by atoms with Crippen molar-refractivity contribution in [1.82, 2.24) is 0 Å². The van der Waals surface area contributed by atoms with Gasteiger partial charge in [-0.05, 0) is 36.8 Å². The summed E-state index contributed by atoms with van der Waals surface area (Å²) in [6, 6.07) is 8.55. The van der Waals surface area contributed by atoms with E-state index in [1.807, 2.05) is 25.1 Å². The van der Waals surface area contributed by atoms with Crippen molar-refractivity contribution in [3.8, 4) is 11.3 Å². The standard InChI is InChI=1S/C12H11NO3/c1-7-2-3-8(9(13)6-7)10-4-5-11(16-10)12(14)15/h2-6H,13H2,1H3,(H,14,15). The zero-order chi connectivity index (χ0) is 11.7. The van der Waals surface area contributed by atoms with Crippen LogP contribution in [0.1, 0.15) is 16.1 Å². The lowest BCUT2D eigenvalue weighted by atomic mass is 10.1. The monoisotopic (exact) mass is 217 g/mol. The van der Waals surface area contributed by atoms with Crippen LogP contribution in [0.5, 0.6) is 0 Å². The number of hydrogen-bond donors (Lipinski definition) is 2. The Kier molecular flexibility index (Phi) is 2.40. The minimum absolute atomic E-state index is 0.0880. The smallest absolute Gasteiger partial charge is 0.371 e. The molecule has 0 radical (unpaired) electrons. The number of nitrogen functional groups attached to an aromatic ring is 1. The van der Waals surface area contributed by atoms with Crippen molar-refractivity contribution in [3.63, 3.8) is 0 Å². The number of aryl methyl sites for hydroxylation is 1. The van der Waals surface area contributed by atoms with Crippen LogP contribution in [0.3, 0.4) is 0 Å². The van der Waals surface area contributed by atoms with Crippen LogP contribution >= 0.6 is 0 Å². The summed E-state index contributed by atoms with van der Waals surface area (Å²) >= 11 is 0. The molecule has 0 aliphatic heterocycles. The molecule has 0 saturated heterocycles. The van der Waals surface area contributed by atoms with Crippen LogP contribution in [0.2, 0.25) is 0 Å². The molecule has 1 aromatic carbocycles. The number of carboxylic acid groups (broad SMARTS) is 1. The molecule has 4 nitrogen and oxygen atoms in total. The van der Waals surface area contributed by atoms with Crippen molar-refractivity contribution in [3.05, 3.63) is 41.7 Å². The number of carboxylic acids is 1. The van der Waals surface area contributed by atoms with Gasteiger partial charge in [-0.1, -0.05) is 6.07 Å². The number of furan rings is 1. The number of aromatic carboxylic acids is 1. The number of hydrogen-bond acceptors (Lipinski definition) is 3. The predicted octanol–water partition coefficient (Wildman–Crippen LogP) is 2.54. The normalized spacial score (nSPS) is 10.3. The van der Waals surface area contributed by atoms with Crippen LogP contribution in [0.15, 0.2) is 34.7 Å². The van der Waals surface area contributed by atoms with Crippen molar-refractivity contribution < 1.29 is 14.3 Å². The summed E-state index contributed by atoms with van der Waals surface area (Å²) in [6.07, 6.45) is 0. The maximum Gasteiger partial charge on any atom is 0.371 e. The quantitative estimate of drug-likeness (QED) is 0.758. The highest BCUT2D eigenvalue weighted by Crippen LogP contribution is 2.28. The summed E-state index contributed by atoms with van der Waals surface area (Å²) in [6.45, 7) is 1.94. The van der Waals surface area contributed by atoms with Crippen molar-refractivity contribution in [1.29, 1.82) is 0 Å². The molecule has 2 aromatic rings. The van der Waals surface area contributed by atoms with E-state index in [1.54, 1.807) is 6.07 Å². The molecule has 0 unspecified atom stereocenters.